The van der Waals surface area contributed by atoms with E-state index >= 15 is 0 Å². The fourth-order valence-corrected chi connectivity index (χ4v) is 3.63. The maximum absolute atomic E-state index is 12.1. The number of nitrogens with zero attached hydrogens (tertiary/aromatic N) is 3. The molecule has 1 aliphatic heterocycles. The molecule has 1 aliphatic rings. The summed E-state index contributed by atoms with van der Waals surface area (Å²) < 4.78 is 1.84. The number of aromatic nitrogens is 2. The van der Waals surface area contributed by atoms with Crippen molar-refractivity contribution in [2.45, 2.75) is 25.8 Å². The predicted octanol–water partition coefficient (Wildman–Crippen LogP) is 3.05. The maximum Gasteiger partial charge on any atom is 0.225 e. The molecule has 1 atom stereocenters. The van der Waals surface area contributed by atoms with Crippen molar-refractivity contribution in [3.05, 3.63) is 78.1 Å². The number of fused-ring (bicyclic) bond motifs is 1. The number of benzene rings is 2. The molecule has 1 amide bonds. The van der Waals surface area contributed by atoms with E-state index in [1.807, 2.05) is 54.2 Å². The molecule has 0 saturated heterocycles. The van der Waals surface area contributed by atoms with Crippen LogP contribution in [0.15, 0.2) is 72.0 Å². The second kappa shape index (κ2) is 9.26. The lowest BCUT2D eigenvalue weighted by atomic mass is 9.90. The van der Waals surface area contributed by atoms with E-state index in [-0.39, 0.29) is 11.8 Å². The van der Waals surface area contributed by atoms with Gasteiger partial charge in [0, 0.05) is 43.5 Å². The van der Waals surface area contributed by atoms with Gasteiger partial charge < -0.3 is 16.0 Å². The van der Waals surface area contributed by atoms with Gasteiger partial charge in [0.05, 0.1) is 12.2 Å². The summed E-state index contributed by atoms with van der Waals surface area (Å²) >= 11 is 0. The van der Waals surface area contributed by atoms with Crippen LogP contribution >= 0.6 is 0 Å². The molecule has 7 nitrogen and oxygen atoms in total. The van der Waals surface area contributed by atoms with Gasteiger partial charge in [-0.1, -0.05) is 30.3 Å². The van der Waals surface area contributed by atoms with E-state index in [1.165, 1.54) is 0 Å². The van der Waals surface area contributed by atoms with Gasteiger partial charge in [-0.25, -0.2) is 9.67 Å². The Morgan fingerprint density at radius 2 is 2.10 bits per heavy atom. The number of carbonyl (C=O) groups excluding carboxylic acids is 1. The second-order valence-corrected chi connectivity index (χ2v) is 7.23. The molecule has 0 radical (unpaired) electrons. The van der Waals surface area contributed by atoms with E-state index in [1.54, 1.807) is 6.20 Å². The normalized spacial score (nSPS) is 16.0. The Hall–Kier alpha value is -3.61. The molecule has 2 heterocycles. The van der Waals surface area contributed by atoms with Crippen molar-refractivity contribution < 1.29 is 4.79 Å². The molecular formula is C23H26N6O. The molecular weight excluding hydrogens is 376 g/mol. The molecule has 4 rings (SSSR count). The van der Waals surface area contributed by atoms with Crippen LogP contribution in [-0.2, 0) is 11.3 Å². The molecule has 0 bridgehead atoms. The lowest BCUT2D eigenvalue weighted by Crippen LogP contribution is -2.40. The average molecular weight is 403 g/mol. The lowest BCUT2D eigenvalue weighted by Gasteiger charge is -2.26. The number of aliphatic imine (C=N–C) groups is 1. The first-order valence-corrected chi connectivity index (χ1v) is 10.2. The zero-order valence-electron chi connectivity index (χ0n) is 17.0. The Morgan fingerprint density at radius 3 is 2.93 bits per heavy atom. The van der Waals surface area contributed by atoms with Crippen LogP contribution in [0.3, 0.4) is 0 Å². The van der Waals surface area contributed by atoms with Gasteiger partial charge in [0.2, 0.25) is 5.91 Å². The summed E-state index contributed by atoms with van der Waals surface area (Å²) in [5.41, 5.74) is 4.17. The molecule has 3 N–H and O–H groups in total. The third-order valence-corrected chi connectivity index (χ3v) is 5.07. The van der Waals surface area contributed by atoms with E-state index in [4.69, 9.17) is 4.99 Å². The number of para-hydroxylation sites is 1. The molecule has 1 aromatic heterocycles. The monoisotopic (exact) mass is 402 g/mol. The van der Waals surface area contributed by atoms with Gasteiger partial charge in [0.25, 0.3) is 0 Å². The van der Waals surface area contributed by atoms with E-state index in [9.17, 15) is 4.79 Å². The number of hydrogen-bond donors (Lipinski definition) is 3. The standard InChI is InChI=1S/C23H26N6O/c1-2-24-23(25-15-17-7-5-8-19(13-17)29-12-6-11-27-29)26-16-18-14-22(30)28-21-10-4-3-9-20(18)21/h3-13,18H,2,14-16H2,1H3,(H,28,30)(H2,24,25,26). The van der Waals surface area contributed by atoms with Crippen molar-refractivity contribution in [1.29, 1.82) is 0 Å². The van der Waals surface area contributed by atoms with E-state index < -0.39 is 0 Å². The second-order valence-electron chi connectivity index (χ2n) is 7.23. The number of hydrogen-bond acceptors (Lipinski definition) is 3. The number of nitrogens with one attached hydrogen (secondary N) is 3. The van der Waals surface area contributed by atoms with Crippen molar-refractivity contribution in [2.24, 2.45) is 4.99 Å². The first-order chi connectivity index (χ1) is 14.7. The van der Waals surface area contributed by atoms with Gasteiger partial charge >= 0.3 is 0 Å². The van der Waals surface area contributed by atoms with Crippen LogP contribution in [0.2, 0.25) is 0 Å². The highest BCUT2D eigenvalue weighted by Crippen LogP contribution is 2.31. The van der Waals surface area contributed by atoms with Crippen LogP contribution < -0.4 is 16.0 Å². The number of anilines is 1. The minimum atomic E-state index is 0.0536. The molecule has 1 unspecified atom stereocenters. The third kappa shape index (κ3) is 4.68. The molecule has 0 saturated carbocycles. The van der Waals surface area contributed by atoms with Crippen molar-refractivity contribution in [3.63, 3.8) is 0 Å². The number of guanidine groups is 1. The van der Waals surface area contributed by atoms with E-state index in [0.29, 0.717) is 19.5 Å². The molecule has 2 aromatic carbocycles. The maximum atomic E-state index is 12.1. The van der Waals surface area contributed by atoms with Crippen molar-refractivity contribution in [3.8, 4) is 5.69 Å². The molecule has 7 heteroatoms. The minimum Gasteiger partial charge on any atom is -0.357 e. The Morgan fingerprint density at radius 1 is 1.20 bits per heavy atom. The predicted molar refractivity (Wildman–Crippen MR) is 119 cm³/mol. The highest BCUT2D eigenvalue weighted by atomic mass is 16.1. The Kier molecular flexibility index (Phi) is 6.08. The van der Waals surface area contributed by atoms with Crippen LogP contribution in [0, 0.1) is 0 Å². The van der Waals surface area contributed by atoms with Crippen LogP contribution in [0.4, 0.5) is 5.69 Å². The van der Waals surface area contributed by atoms with Crippen LogP contribution in [0.1, 0.15) is 30.4 Å². The first-order valence-electron chi connectivity index (χ1n) is 10.2. The summed E-state index contributed by atoms with van der Waals surface area (Å²) in [5, 5.41) is 13.9. The van der Waals surface area contributed by atoms with Crippen LogP contribution in [0.5, 0.6) is 0 Å². The molecule has 154 valence electrons. The number of rotatable bonds is 6. The molecule has 30 heavy (non-hydrogen) atoms. The highest BCUT2D eigenvalue weighted by Gasteiger charge is 2.24. The number of carbonyl (C=O) groups is 1. The summed E-state index contributed by atoms with van der Waals surface area (Å²) in [6.45, 7) is 4.00. The summed E-state index contributed by atoms with van der Waals surface area (Å²) in [7, 11) is 0. The first kappa shape index (κ1) is 19.7. The van der Waals surface area contributed by atoms with Crippen molar-refractivity contribution >= 4 is 17.6 Å². The summed E-state index contributed by atoms with van der Waals surface area (Å²) in [6.07, 6.45) is 4.16. The average Bonchev–Trinajstić information content (AvgIpc) is 3.30. The van der Waals surface area contributed by atoms with Crippen LogP contribution in [0.25, 0.3) is 5.69 Å². The smallest absolute Gasteiger partial charge is 0.225 e. The van der Waals surface area contributed by atoms with E-state index in [2.05, 4.69) is 39.2 Å². The molecule has 0 fully saturated rings. The molecule has 0 aliphatic carbocycles. The zero-order chi connectivity index (χ0) is 20.8. The van der Waals surface area contributed by atoms with Crippen molar-refractivity contribution in [2.75, 3.05) is 18.4 Å². The SMILES string of the molecule is CCNC(=NCc1cccc(-n2cccn2)c1)NCC1CC(=O)Nc2ccccc21. The largest absolute Gasteiger partial charge is 0.357 e. The summed E-state index contributed by atoms with van der Waals surface area (Å²) in [4.78, 5) is 16.8. The van der Waals surface area contributed by atoms with Gasteiger partial charge in [-0.05, 0) is 42.3 Å². The topological polar surface area (TPSA) is 83.3 Å². The number of amides is 1. The fraction of sp³-hybridized carbons (Fsp3) is 0.261. The molecule has 0 spiro atoms. The molecule has 3 aromatic rings. The van der Waals surface area contributed by atoms with Gasteiger partial charge in [0.1, 0.15) is 0 Å². The van der Waals surface area contributed by atoms with Gasteiger partial charge in [-0.3, -0.25) is 4.79 Å². The minimum absolute atomic E-state index is 0.0536. The van der Waals surface area contributed by atoms with E-state index in [0.717, 1.165) is 35.0 Å². The van der Waals surface area contributed by atoms with Gasteiger partial charge in [0.15, 0.2) is 5.96 Å². The lowest BCUT2D eigenvalue weighted by molar-refractivity contribution is -0.116. The Bertz CT molecular complexity index is 1030. The quantitative estimate of drug-likeness (QED) is 0.437. The van der Waals surface area contributed by atoms with Gasteiger partial charge in [-0.15, -0.1) is 0 Å². The highest BCUT2D eigenvalue weighted by molar-refractivity contribution is 5.94. The van der Waals surface area contributed by atoms with Crippen LogP contribution in [-0.4, -0.2) is 34.7 Å². The zero-order valence-corrected chi connectivity index (χ0v) is 17.0. The fourth-order valence-electron chi connectivity index (χ4n) is 3.63. The van der Waals surface area contributed by atoms with Gasteiger partial charge in [-0.2, -0.15) is 5.10 Å². The summed E-state index contributed by atoms with van der Waals surface area (Å²) in [5.74, 6) is 0.908. The Balaban J connectivity index is 1.44. The third-order valence-electron chi connectivity index (χ3n) is 5.07. The summed E-state index contributed by atoms with van der Waals surface area (Å²) in [6, 6.07) is 18.1. The van der Waals surface area contributed by atoms with Crippen molar-refractivity contribution in [1.82, 2.24) is 20.4 Å². The Labute approximate surface area is 176 Å².